The van der Waals surface area contributed by atoms with Gasteiger partial charge in [0.25, 0.3) is 0 Å². The Morgan fingerprint density at radius 1 is 1.05 bits per heavy atom. The average Bonchev–Trinajstić information content (AvgIpc) is 2.46. The van der Waals surface area contributed by atoms with Crippen LogP contribution in [-0.4, -0.2) is 24.0 Å². The van der Waals surface area contributed by atoms with E-state index in [9.17, 15) is 0 Å². The molecule has 120 valence electrons. The first-order valence-corrected chi connectivity index (χ1v) is 8.63. The Labute approximate surface area is 131 Å². The van der Waals surface area contributed by atoms with Gasteiger partial charge in [0.2, 0.25) is 0 Å². The maximum atomic E-state index is 3.41. The largest absolute Gasteiger partial charge is 0.313 e. The summed E-state index contributed by atoms with van der Waals surface area (Å²) in [5.74, 6) is 0.718. The fraction of sp³-hybridized carbons (Fsp3) is 0.684. The summed E-state index contributed by atoms with van der Waals surface area (Å²) < 4.78 is 0. The van der Waals surface area contributed by atoms with Crippen molar-refractivity contribution in [3.8, 4) is 0 Å². The molecule has 0 aliphatic rings. The number of rotatable bonds is 10. The van der Waals surface area contributed by atoms with Gasteiger partial charge in [0, 0.05) is 25.7 Å². The van der Waals surface area contributed by atoms with E-state index < -0.39 is 0 Å². The van der Waals surface area contributed by atoms with Crippen LogP contribution in [0.4, 0.5) is 0 Å². The van der Waals surface area contributed by atoms with E-state index in [0.717, 1.165) is 25.6 Å². The van der Waals surface area contributed by atoms with Crippen LogP contribution in [0.15, 0.2) is 24.3 Å². The standard InChI is InChI=1S/C19H34N2/c1-6-19(7-2)21(14-16(4)5)15-18-11-9-10-17(12-18)13-20-8-3/h9-12,16,19-20H,6-8,13-15H2,1-5H3. The SMILES string of the molecule is CCNCc1cccc(CN(CC(C)C)C(CC)CC)c1. The predicted molar refractivity (Wildman–Crippen MR) is 93.4 cm³/mol. The molecule has 0 atom stereocenters. The molecule has 0 spiro atoms. The van der Waals surface area contributed by atoms with Gasteiger partial charge >= 0.3 is 0 Å². The van der Waals surface area contributed by atoms with Crippen molar-refractivity contribution in [2.45, 2.75) is 66.6 Å². The summed E-state index contributed by atoms with van der Waals surface area (Å²) in [7, 11) is 0. The number of benzene rings is 1. The minimum absolute atomic E-state index is 0.699. The second-order valence-corrected chi connectivity index (χ2v) is 6.39. The maximum Gasteiger partial charge on any atom is 0.0236 e. The van der Waals surface area contributed by atoms with E-state index in [1.165, 1.54) is 30.5 Å². The lowest BCUT2D eigenvalue weighted by atomic mass is 10.0. The normalized spacial score (nSPS) is 11.8. The van der Waals surface area contributed by atoms with Crippen LogP contribution in [0.25, 0.3) is 0 Å². The van der Waals surface area contributed by atoms with Crippen molar-refractivity contribution in [1.82, 2.24) is 10.2 Å². The molecule has 0 radical (unpaired) electrons. The van der Waals surface area contributed by atoms with Gasteiger partial charge in [-0.15, -0.1) is 0 Å². The van der Waals surface area contributed by atoms with E-state index in [1.54, 1.807) is 0 Å². The van der Waals surface area contributed by atoms with Crippen LogP contribution in [0.2, 0.25) is 0 Å². The number of hydrogen-bond donors (Lipinski definition) is 1. The Bertz CT molecular complexity index is 383. The molecular formula is C19H34N2. The lowest BCUT2D eigenvalue weighted by Gasteiger charge is -2.32. The zero-order valence-electron chi connectivity index (χ0n) is 14.7. The van der Waals surface area contributed by atoms with E-state index in [-0.39, 0.29) is 0 Å². The van der Waals surface area contributed by atoms with E-state index in [0.29, 0.717) is 6.04 Å². The van der Waals surface area contributed by atoms with Gasteiger partial charge in [-0.1, -0.05) is 58.9 Å². The van der Waals surface area contributed by atoms with Crippen LogP contribution < -0.4 is 5.32 Å². The van der Waals surface area contributed by atoms with Gasteiger partial charge in [-0.25, -0.2) is 0 Å². The molecule has 0 aliphatic carbocycles. The van der Waals surface area contributed by atoms with Gasteiger partial charge in [-0.2, -0.15) is 0 Å². The van der Waals surface area contributed by atoms with Gasteiger partial charge in [0.1, 0.15) is 0 Å². The first-order valence-electron chi connectivity index (χ1n) is 8.63. The number of nitrogens with zero attached hydrogens (tertiary/aromatic N) is 1. The van der Waals surface area contributed by atoms with E-state index in [1.807, 2.05) is 0 Å². The summed E-state index contributed by atoms with van der Waals surface area (Å²) in [4.78, 5) is 2.66. The second-order valence-electron chi connectivity index (χ2n) is 6.39. The third kappa shape index (κ3) is 6.62. The molecule has 1 aromatic carbocycles. The van der Waals surface area contributed by atoms with Crippen molar-refractivity contribution in [3.05, 3.63) is 35.4 Å². The monoisotopic (exact) mass is 290 g/mol. The van der Waals surface area contributed by atoms with Gasteiger partial charge < -0.3 is 5.32 Å². The molecule has 0 bridgehead atoms. The van der Waals surface area contributed by atoms with Crippen molar-refractivity contribution >= 4 is 0 Å². The summed E-state index contributed by atoms with van der Waals surface area (Å²) in [5.41, 5.74) is 2.83. The summed E-state index contributed by atoms with van der Waals surface area (Å²) in [6.45, 7) is 15.7. The molecule has 0 unspecified atom stereocenters. The third-order valence-electron chi connectivity index (χ3n) is 4.01. The molecule has 1 aromatic rings. The van der Waals surface area contributed by atoms with Crippen molar-refractivity contribution in [3.63, 3.8) is 0 Å². The third-order valence-corrected chi connectivity index (χ3v) is 4.01. The molecule has 1 rings (SSSR count). The van der Waals surface area contributed by atoms with Gasteiger partial charge in [0.05, 0.1) is 0 Å². The van der Waals surface area contributed by atoms with Crippen LogP contribution in [-0.2, 0) is 13.1 Å². The first-order chi connectivity index (χ1) is 10.1. The van der Waals surface area contributed by atoms with Crippen molar-refractivity contribution in [2.24, 2.45) is 5.92 Å². The molecule has 21 heavy (non-hydrogen) atoms. The lowest BCUT2D eigenvalue weighted by Crippen LogP contribution is -2.36. The highest BCUT2D eigenvalue weighted by molar-refractivity contribution is 5.23. The van der Waals surface area contributed by atoms with Crippen LogP contribution >= 0.6 is 0 Å². The van der Waals surface area contributed by atoms with Crippen molar-refractivity contribution in [2.75, 3.05) is 13.1 Å². The minimum atomic E-state index is 0.699. The van der Waals surface area contributed by atoms with Crippen LogP contribution in [0, 0.1) is 5.92 Å². The molecule has 0 aliphatic heterocycles. The Balaban J connectivity index is 2.77. The summed E-state index contributed by atoms with van der Waals surface area (Å²) in [5, 5.41) is 3.41. The van der Waals surface area contributed by atoms with E-state index >= 15 is 0 Å². The van der Waals surface area contributed by atoms with Crippen LogP contribution in [0.1, 0.15) is 58.6 Å². The number of nitrogens with one attached hydrogen (secondary N) is 1. The second kappa shape index (κ2) is 9.97. The molecule has 0 aromatic heterocycles. The van der Waals surface area contributed by atoms with Gasteiger partial charge in [0.15, 0.2) is 0 Å². The van der Waals surface area contributed by atoms with Gasteiger partial charge in [-0.05, 0) is 36.4 Å². The summed E-state index contributed by atoms with van der Waals surface area (Å²) in [6, 6.07) is 9.74. The average molecular weight is 290 g/mol. The first kappa shape index (κ1) is 18.2. The smallest absolute Gasteiger partial charge is 0.0236 e. The lowest BCUT2D eigenvalue weighted by molar-refractivity contribution is 0.157. The zero-order valence-corrected chi connectivity index (χ0v) is 14.7. The van der Waals surface area contributed by atoms with Gasteiger partial charge in [-0.3, -0.25) is 4.90 Å². The van der Waals surface area contributed by atoms with Crippen molar-refractivity contribution < 1.29 is 0 Å². The molecular weight excluding hydrogens is 256 g/mol. The quantitative estimate of drug-likeness (QED) is 0.685. The van der Waals surface area contributed by atoms with E-state index in [2.05, 4.69) is 69.1 Å². The van der Waals surface area contributed by atoms with Crippen molar-refractivity contribution in [1.29, 1.82) is 0 Å². The Hall–Kier alpha value is -0.860. The molecule has 0 fully saturated rings. The molecule has 0 amide bonds. The minimum Gasteiger partial charge on any atom is -0.313 e. The van der Waals surface area contributed by atoms with Crippen LogP contribution in [0.5, 0.6) is 0 Å². The highest BCUT2D eigenvalue weighted by Crippen LogP contribution is 2.16. The number of hydrogen-bond acceptors (Lipinski definition) is 2. The summed E-state index contributed by atoms with van der Waals surface area (Å²) in [6.07, 6.45) is 2.47. The molecule has 1 N–H and O–H groups in total. The van der Waals surface area contributed by atoms with Crippen LogP contribution in [0.3, 0.4) is 0 Å². The highest BCUT2D eigenvalue weighted by Gasteiger charge is 2.16. The highest BCUT2D eigenvalue weighted by atomic mass is 15.2. The molecule has 0 saturated carbocycles. The Morgan fingerprint density at radius 3 is 2.29 bits per heavy atom. The maximum absolute atomic E-state index is 3.41. The topological polar surface area (TPSA) is 15.3 Å². The molecule has 2 nitrogen and oxygen atoms in total. The molecule has 0 heterocycles. The Morgan fingerprint density at radius 2 is 1.71 bits per heavy atom. The zero-order chi connectivity index (χ0) is 15.7. The summed E-state index contributed by atoms with van der Waals surface area (Å²) >= 11 is 0. The predicted octanol–water partition coefficient (Wildman–Crippen LogP) is 4.44. The fourth-order valence-corrected chi connectivity index (χ4v) is 2.96. The molecule has 2 heteroatoms. The fourth-order valence-electron chi connectivity index (χ4n) is 2.96. The molecule has 0 saturated heterocycles. The Kier molecular flexibility index (Phi) is 8.63. The van der Waals surface area contributed by atoms with E-state index in [4.69, 9.17) is 0 Å².